The SMILES string of the molecule is CC(C)(C)OC(=O)Nc1ccc2c(c1)CCCC2Nc1nccc(C#N)c1[N+](=O)[O-]. The molecule has 1 heterocycles. The maximum Gasteiger partial charge on any atom is 0.412 e. The Balaban J connectivity index is 1.83. The number of amides is 1. The number of anilines is 2. The molecule has 0 saturated heterocycles. The Hall–Kier alpha value is -3.67. The van der Waals surface area contributed by atoms with Gasteiger partial charge in [-0.25, -0.2) is 9.78 Å². The van der Waals surface area contributed by atoms with E-state index in [1.54, 1.807) is 26.8 Å². The third kappa shape index (κ3) is 4.84. The number of nitrogens with zero attached hydrogens (tertiary/aromatic N) is 3. The fourth-order valence-corrected chi connectivity index (χ4v) is 3.46. The van der Waals surface area contributed by atoms with Crippen LogP contribution in [0.1, 0.15) is 56.3 Å². The molecule has 1 aliphatic carbocycles. The monoisotopic (exact) mass is 409 g/mol. The number of rotatable bonds is 4. The Kier molecular flexibility index (Phi) is 5.87. The minimum atomic E-state index is -0.592. The van der Waals surface area contributed by atoms with E-state index in [1.165, 1.54) is 12.3 Å². The number of nitriles is 1. The van der Waals surface area contributed by atoms with E-state index < -0.39 is 16.6 Å². The van der Waals surface area contributed by atoms with E-state index in [0.717, 1.165) is 30.4 Å². The van der Waals surface area contributed by atoms with Gasteiger partial charge in [-0.05, 0) is 69.4 Å². The third-order valence-electron chi connectivity index (χ3n) is 4.64. The van der Waals surface area contributed by atoms with Gasteiger partial charge in [-0.2, -0.15) is 5.26 Å². The number of carbonyl (C=O) groups is 1. The fourth-order valence-electron chi connectivity index (χ4n) is 3.46. The lowest BCUT2D eigenvalue weighted by atomic mass is 9.87. The van der Waals surface area contributed by atoms with E-state index in [1.807, 2.05) is 18.2 Å². The van der Waals surface area contributed by atoms with E-state index >= 15 is 0 Å². The van der Waals surface area contributed by atoms with Gasteiger partial charge < -0.3 is 10.1 Å². The lowest BCUT2D eigenvalue weighted by Crippen LogP contribution is -2.27. The lowest BCUT2D eigenvalue weighted by molar-refractivity contribution is -0.384. The van der Waals surface area contributed by atoms with Crippen molar-refractivity contribution in [3.63, 3.8) is 0 Å². The Bertz CT molecular complexity index is 1020. The molecule has 30 heavy (non-hydrogen) atoms. The summed E-state index contributed by atoms with van der Waals surface area (Å²) in [7, 11) is 0. The van der Waals surface area contributed by atoms with Crippen LogP contribution in [0.3, 0.4) is 0 Å². The summed E-state index contributed by atoms with van der Waals surface area (Å²) in [6.45, 7) is 5.39. The van der Waals surface area contributed by atoms with Crippen molar-refractivity contribution in [2.45, 2.75) is 51.7 Å². The van der Waals surface area contributed by atoms with Crippen molar-refractivity contribution in [2.24, 2.45) is 0 Å². The molecule has 9 nitrogen and oxygen atoms in total. The fraction of sp³-hybridized carbons (Fsp3) is 0.381. The summed E-state index contributed by atoms with van der Waals surface area (Å²) < 4.78 is 5.28. The number of nitro groups is 1. The van der Waals surface area contributed by atoms with Gasteiger partial charge in [0.05, 0.1) is 11.0 Å². The predicted molar refractivity (Wildman–Crippen MR) is 111 cm³/mol. The van der Waals surface area contributed by atoms with Gasteiger partial charge in [0.15, 0.2) is 0 Å². The molecule has 0 bridgehead atoms. The van der Waals surface area contributed by atoms with Crippen molar-refractivity contribution in [3.8, 4) is 6.07 Å². The molecule has 3 rings (SSSR count). The normalized spacial score (nSPS) is 15.5. The smallest absolute Gasteiger partial charge is 0.412 e. The summed E-state index contributed by atoms with van der Waals surface area (Å²) >= 11 is 0. The third-order valence-corrected chi connectivity index (χ3v) is 4.64. The molecule has 1 atom stereocenters. The zero-order valence-corrected chi connectivity index (χ0v) is 17.1. The van der Waals surface area contributed by atoms with Crippen LogP contribution in [0.25, 0.3) is 0 Å². The topological polar surface area (TPSA) is 130 Å². The van der Waals surface area contributed by atoms with Crippen molar-refractivity contribution in [3.05, 3.63) is 57.3 Å². The second-order valence-electron chi connectivity index (χ2n) is 8.05. The number of hydrogen-bond donors (Lipinski definition) is 2. The van der Waals surface area contributed by atoms with Crippen molar-refractivity contribution in [2.75, 3.05) is 10.6 Å². The van der Waals surface area contributed by atoms with Crippen molar-refractivity contribution in [1.82, 2.24) is 4.98 Å². The predicted octanol–water partition coefficient (Wildman–Crippen LogP) is 4.70. The molecular formula is C21H23N5O4. The van der Waals surface area contributed by atoms with E-state index in [2.05, 4.69) is 15.6 Å². The average Bonchev–Trinajstić information content (AvgIpc) is 2.66. The molecule has 0 radical (unpaired) electrons. The highest BCUT2D eigenvalue weighted by atomic mass is 16.6. The van der Waals surface area contributed by atoms with Gasteiger partial charge in [-0.15, -0.1) is 0 Å². The Morgan fingerprint density at radius 2 is 2.13 bits per heavy atom. The zero-order chi connectivity index (χ0) is 21.9. The van der Waals surface area contributed by atoms with Crippen LogP contribution in [0, 0.1) is 21.4 Å². The second kappa shape index (κ2) is 8.37. The number of pyridine rings is 1. The summed E-state index contributed by atoms with van der Waals surface area (Å²) in [5, 5.41) is 26.5. The zero-order valence-electron chi connectivity index (χ0n) is 17.1. The quantitative estimate of drug-likeness (QED) is 0.553. The van der Waals surface area contributed by atoms with Crippen molar-refractivity contribution < 1.29 is 14.5 Å². The molecule has 1 unspecified atom stereocenters. The first-order chi connectivity index (χ1) is 14.2. The largest absolute Gasteiger partial charge is 0.444 e. The van der Waals surface area contributed by atoms with Crippen LogP contribution in [0.5, 0.6) is 0 Å². The Morgan fingerprint density at radius 3 is 2.80 bits per heavy atom. The summed E-state index contributed by atoms with van der Waals surface area (Å²) in [5.41, 5.74) is 1.69. The molecule has 1 aromatic carbocycles. The maximum atomic E-state index is 12.0. The summed E-state index contributed by atoms with van der Waals surface area (Å²) in [5.74, 6) is 0.0767. The highest BCUT2D eigenvalue weighted by molar-refractivity contribution is 5.85. The van der Waals surface area contributed by atoms with E-state index in [0.29, 0.717) is 5.69 Å². The van der Waals surface area contributed by atoms with E-state index in [-0.39, 0.29) is 23.1 Å². The van der Waals surface area contributed by atoms with E-state index in [9.17, 15) is 20.2 Å². The average molecular weight is 409 g/mol. The molecule has 0 aliphatic heterocycles. The molecule has 2 aromatic rings. The first-order valence-electron chi connectivity index (χ1n) is 9.61. The van der Waals surface area contributed by atoms with Gasteiger partial charge in [-0.1, -0.05) is 6.07 Å². The standard InChI is InChI=1S/C21H23N5O4/c1-21(2,3)30-20(27)24-15-7-8-16-13(11-15)5-4-6-17(16)25-19-18(26(28)29)14(12-22)9-10-23-19/h7-11,17H,4-6H2,1-3H3,(H,23,25)(H,24,27). The minimum Gasteiger partial charge on any atom is -0.444 e. The van der Waals surface area contributed by atoms with Crippen LogP contribution in [0.2, 0.25) is 0 Å². The number of aryl methyl sites for hydroxylation is 1. The number of nitrogens with one attached hydrogen (secondary N) is 2. The summed E-state index contributed by atoms with van der Waals surface area (Å²) in [6.07, 6.45) is 3.31. The van der Waals surface area contributed by atoms with Crippen molar-refractivity contribution in [1.29, 1.82) is 5.26 Å². The van der Waals surface area contributed by atoms with Crippen LogP contribution in [-0.4, -0.2) is 21.6 Å². The molecule has 156 valence electrons. The van der Waals surface area contributed by atoms with Crippen LogP contribution in [-0.2, 0) is 11.2 Å². The summed E-state index contributed by atoms with van der Waals surface area (Å²) in [4.78, 5) is 27.0. The van der Waals surface area contributed by atoms with Gasteiger partial charge in [-0.3, -0.25) is 15.4 Å². The Morgan fingerprint density at radius 1 is 1.37 bits per heavy atom. The highest BCUT2D eigenvalue weighted by Crippen LogP contribution is 2.36. The van der Waals surface area contributed by atoms with Gasteiger partial charge in [0.25, 0.3) is 0 Å². The number of hydrogen-bond acceptors (Lipinski definition) is 7. The van der Waals surface area contributed by atoms with Gasteiger partial charge in [0.1, 0.15) is 17.2 Å². The molecular weight excluding hydrogens is 386 g/mol. The molecule has 1 amide bonds. The van der Waals surface area contributed by atoms with E-state index in [4.69, 9.17) is 4.74 Å². The first-order valence-corrected chi connectivity index (χ1v) is 9.61. The second-order valence-corrected chi connectivity index (χ2v) is 8.05. The number of fused-ring (bicyclic) bond motifs is 1. The number of aromatic nitrogens is 1. The maximum absolute atomic E-state index is 12.0. The molecule has 0 spiro atoms. The summed E-state index contributed by atoms with van der Waals surface area (Å²) in [6, 6.07) is 8.53. The molecule has 1 aliphatic rings. The molecule has 0 fully saturated rings. The molecule has 1 aromatic heterocycles. The Labute approximate surface area is 174 Å². The molecule has 0 saturated carbocycles. The van der Waals surface area contributed by atoms with Gasteiger partial charge >= 0.3 is 11.8 Å². The van der Waals surface area contributed by atoms with Gasteiger partial charge in [0.2, 0.25) is 5.82 Å². The van der Waals surface area contributed by atoms with Crippen LogP contribution in [0.4, 0.5) is 22.0 Å². The number of ether oxygens (including phenoxy) is 1. The highest BCUT2D eigenvalue weighted by Gasteiger charge is 2.27. The first kappa shape index (κ1) is 21.0. The van der Waals surface area contributed by atoms with Crippen LogP contribution in [0.15, 0.2) is 30.5 Å². The van der Waals surface area contributed by atoms with Crippen molar-refractivity contribution >= 4 is 23.3 Å². The lowest BCUT2D eigenvalue weighted by Gasteiger charge is -2.27. The number of benzene rings is 1. The van der Waals surface area contributed by atoms with Crippen LogP contribution >= 0.6 is 0 Å². The molecule has 2 N–H and O–H groups in total. The minimum absolute atomic E-state index is 0.0366. The van der Waals surface area contributed by atoms with Crippen LogP contribution < -0.4 is 10.6 Å². The van der Waals surface area contributed by atoms with Gasteiger partial charge in [0, 0.05) is 11.9 Å². The number of carbonyl (C=O) groups excluding carboxylic acids is 1. The molecule has 9 heteroatoms.